The average Bonchev–Trinajstić information content (AvgIpc) is 2.34. The summed E-state index contributed by atoms with van der Waals surface area (Å²) in [6, 6.07) is -0.0817. The Hall–Kier alpha value is -0.870. The molecule has 1 heterocycles. The lowest BCUT2D eigenvalue weighted by Crippen LogP contribution is -2.51. The molecule has 17 heavy (non-hydrogen) atoms. The van der Waals surface area contributed by atoms with E-state index >= 15 is 0 Å². The van der Waals surface area contributed by atoms with E-state index in [1.165, 1.54) is 0 Å². The Bertz CT molecular complexity index is 288. The summed E-state index contributed by atoms with van der Waals surface area (Å²) >= 11 is 0. The molecule has 0 aromatic carbocycles. The summed E-state index contributed by atoms with van der Waals surface area (Å²) in [5.41, 5.74) is 5.50. The maximum absolute atomic E-state index is 12.5. The van der Waals surface area contributed by atoms with Gasteiger partial charge in [0.2, 0.25) is 5.91 Å². The van der Waals surface area contributed by atoms with Crippen LogP contribution in [0.25, 0.3) is 0 Å². The Morgan fingerprint density at radius 2 is 2.24 bits per heavy atom. The van der Waals surface area contributed by atoms with Gasteiger partial charge in [0, 0.05) is 18.6 Å². The minimum Gasteiger partial charge on any atom is -0.332 e. The van der Waals surface area contributed by atoms with Crippen molar-refractivity contribution in [1.29, 1.82) is 0 Å². The molecule has 1 atom stereocenters. The zero-order valence-corrected chi connectivity index (χ0v) is 11.3. The normalized spacial score (nSPS) is 25.8. The second-order valence-electron chi connectivity index (χ2n) is 5.37. The van der Waals surface area contributed by atoms with Gasteiger partial charge in [0.05, 0.1) is 6.04 Å². The van der Waals surface area contributed by atoms with Crippen LogP contribution in [0.3, 0.4) is 0 Å². The second kappa shape index (κ2) is 5.65. The number of nitrogens with zero attached hydrogens (tertiary/aromatic N) is 2. The van der Waals surface area contributed by atoms with Crippen LogP contribution in [0, 0.1) is 0 Å². The Morgan fingerprint density at radius 3 is 2.76 bits per heavy atom. The molecule has 0 aliphatic carbocycles. The first-order valence-corrected chi connectivity index (χ1v) is 6.26. The van der Waals surface area contributed by atoms with E-state index < -0.39 is 0 Å². The van der Waals surface area contributed by atoms with E-state index in [1.807, 2.05) is 11.9 Å². The van der Waals surface area contributed by atoms with Crippen molar-refractivity contribution < 1.29 is 4.79 Å². The highest BCUT2D eigenvalue weighted by atomic mass is 16.2. The molecule has 1 amide bonds. The van der Waals surface area contributed by atoms with Crippen molar-refractivity contribution in [3.63, 3.8) is 0 Å². The van der Waals surface area contributed by atoms with Crippen molar-refractivity contribution >= 4 is 5.91 Å². The van der Waals surface area contributed by atoms with E-state index in [2.05, 4.69) is 25.3 Å². The van der Waals surface area contributed by atoms with Gasteiger partial charge in [0.15, 0.2) is 0 Å². The third-order valence-electron chi connectivity index (χ3n) is 3.64. The fourth-order valence-corrected chi connectivity index (χ4v) is 2.38. The number of hydrogen-bond donors (Lipinski definition) is 1. The van der Waals surface area contributed by atoms with Crippen molar-refractivity contribution in [2.45, 2.75) is 38.3 Å². The van der Waals surface area contributed by atoms with E-state index in [4.69, 9.17) is 5.73 Å². The SMILES string of the molecule is C=CCN1C(=O)C(CCN)N(C)CCC1(C)C. The summed E-state index contributed by atoms with van der Waals surface area (Å²) in [6.45, 7) is 10.1. The molecule has 1 rings (SSSR count). The smallest absolute Gasteiger partial charge is 0.240 e. The van der Waals surface area contributed by atoms with Crippen LogP contribution in [0.2, 0.25) is 0 Å². The molecule has 98 valence electrons. The van der Waals surface area contributed by atoms with Crippen molar-refractivity contribution in [1.82, 2.24) is 9.80 Å². The highest BCUT2D eigenvalue weighted by Crippen LogP contribution is 2.25. The maximum atomic E-state index is 12.5. The number of hydrogen-bond acceptors (Lipinski definition) is 3. The van der Waals surface area contributed by atoms with Crippen LogP contribution in [0.4, 0.5) is 0 Å². The number of nitrogens with two attached hydrogens (primary N) is 1. The molecule has 1 fully saturated rings. The number of amides is 1. The Labute approximate surface area is 104 Å². The predicted molar refractivity (Wildman–Crippen MR) is 70.7 cm³/mol. The van der Waals surface area contributed by atoms with E-state index in [0.29, 0.717) is 13.1 Å². The molecule has 4 heteroatoms. The minimum absolute atomic E-state index is 0.0817. The highest BCUT2D eigenvalue weighted by Gasteiger charge is 2.38. The zero-order valence-electron chi connectivity index (χ0n) is 11.3. The van der Waals surface area contributed by atoms with Crippen LogP contribution in [0.5, 0.6) is 0 Å². The number of carbonyl (C=O) groups is 1. The number of carbonyl (C=O) groups excluding carboxylic acids is 1. The fraction of sp³-hybridized carbons (Fsp3) is 0.769. The molecule has 1 unspecified atom stereocenters. The first kappa shape index (κ1) is 14.2. The van der Waals surface area contributed by atoms with E-state index in [0.717, 1.165) is 19.4 Å². The molecule has 4 nitrogen and oxygen atoms in total. The third-order valence-corrected chi connectivity index (χ3v) is 3.64. The summed E-state index contributed by atoms with van der Waals surface area (Å²) in [5, 5.41) is 0. The molecular formula is C13H25N3O. The molecule has 0 bridgehead atoms. The Morgan fingerprint density at radius 1 is 1.59 bits per heavy atom. The zero-order chi connectivity index (χ0) is 13.1. The summed E-state index contributed by atoms with van der Waals surface area (Å²) in [6.07, 6.45) is 3.49. The first-order chi connectivity index (χ1) is 7.94. The van der Waals surface area contributed by atoms with Crippen LogP contribution < -0.4 is 5.73 Å². The second-order valence-corrected chi connectivity index (χ2v) is 5.37. The van der Waals surface area contributed by atoms with Gasteiger partial charge in [0.25, 0.3) is 0 Å². The maximum Gasteiger partial charge on any atom is 0.240 e. The summed E-state index contributed by atoms with van der Waals surface area (Å²) in [7, 11) is 2.01. The monoisotopic (exact) mass is 239 g/mol. The van der Waals surface area contributed by atoms with E-state index in [-0.39, 0.29) is 17.5 Å². The molecule has 1 aliphatic heterocycles. The minimum atomic E-state index is -0.108. The van der Waals surface area contributed by atoms with Gasteiger partial charge in [-0.2, -0.15) is 0 Å². The third kappa shape index (κ3) is 3.07. The van der Waals surface area contributed by atoms with Gasteiger partial charge in [-0.25, -0.2) is 0 Å². The van der Waals surface area contributed by atoms with Gasteiger partial charge in [0.1, 0.15) is 0 Å². The van der Waals surface area contributed by atoms with Gasteiger partial charge in [-0.15, -0.1) is 6.58 Å². The molecule has 1 saturated heterocycles. The van der Waals surface area contributed by atoms with Gasteiger partial charge in [-0.1, -0.05) is 6.08 Å². The molecule has 0 saturated carbocycles. The van der Waals surface area contributed by atoms with Crippen LogP contribution in [-0.4, -0.2) is 54.0 Å². The summed E-state index contributed by atoms with van der Waals surface area (Å²) in [4.78, 5) is 16.6. The highest BCUT2D eigenvalue weighted by molar-refractivity contribution is 5.83. The molecule has 0 aromatic rings. The Kier molecular flexibility index (Phi) is 4.71. The lowest BCUT2D eigenvalue weighted by Gasteiger charge is -2.37. The molecule has 0 radical (unpaired) electrons. The van der Waals surface area contributed by atoms with Gasteiger partial charge in [-0.05, 0) is 40.3 Å². The van der Waals surface area contributed by atoms with Crippen LogP contribution in [-0.2, 0) is 4.79 Å². The quantitative estimate of drug-likeness (QED) is 0.739. The van der Waals surface area contributed by atoms with Crippen molar-refractivity contribution in [2.24, 2.45) is 5.73 Å². The lowest BCUT2D eigenvalue weighted by atomic mass is 9.98. The summed E-state index contributed by atoms with van der Waals surface area (Å²) < 4.78 is 0. The Balaban J connectivity index is 2.97. The van der Waals surface area contributed by atoms with E-state index in [9.17, 15) is 4.79 Å². The van der Waals surface area contributed by atoms with Crippen molar-refractivity contribution in [3.05, 3.63) is 12.7 Å². The molecule has 1 aliphatic rings. The number of rotatable bonds is 4. The van der Waals surface area contributed by atoms with Gasteiger partial charge >= 0.3 is 0 Å². The number of likely N-dealkylation sites (N-methyl/N-ethyl adjacent to an activating group) is 1. The largest absolute Gasteiger partial charge is 0.332 e. The average molecular weight is 239 g/mol. The molecule has 2 N–H and O–H groups in total. The van der Waals surface area contributed by atoms with Gasteiger partial charge < -0.3 is 10.6 Å². The van der Waals surface area contributed by atoms with Gasteiger partial charge in [-0.3, -0.25) is 9.69 Å². The van der Waals surface area contributed by atoms with Crippen molar-refractivity contribution in [2.75, 3.05) is 26.7 Å². The van der Waals surface area contributed by atoms with Crippen LogP contribution >= 0.6 is 0 Å². The summed E-state index contributed by atoms with van der Waals surface area (Å²) in [5.74, 6) is 0.181. The lowest BCUT2D eigenvalue weighted by molar-refractivity contribution is -0.138. The van der Waals surface area contributed by atoms with E-state index in [1.54, 1.807) is 6.08 Å². The molecule has 0 aromatic heterocycles. The van der Waals surface area contributed by atoms with Crippen LogP contribution in [0.1, 0.15) is 26.7 Å². The van der Waals surface area contributed by atoms with Crippen molar-refractivity contribution in [3.8, 4) is 0 Å². The first-order valence-electron chi connectivity index (χ1n) is 6.26. The standard InChI is InChI=1S/C13H25N3O/c1-5-9-16-12(17)11(6-8-14)15(4)10-7-13(16,2)3/h5,11H,1,6-10,14H2,2-4H3. The topological polar surface area (TPSA) is 49.6 Å². The molecular weight excluding hydrogens is 214 g/mol. The molecule has 0 spiro atoms. The van der Waals surface area contributed by atoms with Crippen LogP contribution in [0.15, 0.2) is 12.7 Å². The predicted octanol–water partition coefficient (Wildman–Crippen LogP) is 0.833. The fourth-order valence-electron chi connectivity index (χ4n) is 2.38.